The molecule has 138 valence electrons. The lowest BCUT2D eigenvalue weighted by Crippen LogP contribution is -2.46. The highest BCUT2D eigenvalue weighted by molar-refractivity contribution is 6.30. The number of benzene rings is 1. The number of amides is 2. The van der Waals surface area contributed by atoms with Crippen molar-refractivity contribution in [2.75, 3.05) is 20.1 Å². The Labute approximate surface area is 158 Å². The summed E-state index contributed by atoms with van der Waals surface area (Å²) < 4.78 is 5.20. The highest BCUT2D eigenvalue weighted by Crippen LogP contribution is 2.26. The maximum Gasteiger partial charge on any atom is 0.289 e. The van der Waals surface area contributed by atoms with Crippen LogP contribution >= 0.6 is 11.6 Å². The molecule has 1 saturated heterocycles. The molecule has 2 atom stereocenters. The van der Waals surface area contributed by atoms with Gasteiger partial charge in [0, 0.05) is 25.2 Å². The van der Waals surface area contributed by atoms with Gasteiger partial charge in [0.05, 0.1) is 18.2 Å². The van der Waals surface area contributed by atoms with E-state index in [0.717, 1.165) is 18.4 Å². The quantitative estimate of drug-likeness (QED) is 0.812. The third-order valence-corrected chi connectivity index (χ3v) is 5.32. The minimum Gasteiger partial charge on any atom is -0.459 e. The number of piperidine rings is 1. The molecule has 1 aliphatic heterocycles. The number of carbonyl (C=O) groups is 2. The molecule has 2 unspecified atom stereocenters. The van der Waals surface area contributed by atoms with Gasteiger partial charge in [0.2, 0.25) is 5.91 Å². The van der Waals surface area contributed by atoms with Crippen molar-refractivity contribution in [3.63, 3.8) is 0 Å². The first-order valence-corrected chi connectivity index (χ1v) is 9.20. The second-order valence-corrected chi connectivity index (χ2v) is 7.18. The Morgan fingerprint density at radius 2 is 2.00 bits per heavy atom. The highest BCUT2D eigenvalue weighted by atomic mass is 35.5. The molecular weight excluding hydrogens is 352 g/mol. The van der Waals surface area contributed by atoms with E-state index in [1.165, 1.54) is 6.26 Å². The summed E-state index contributed by atoms with van der Waals surface area (Å²) in [7, 11) is 1.81. The second-order valence-electron chi connectivity index (χ2n) is 6.74. The topological polar surface area (TPSA) is 53.8 Å². The van der Waals surface area contributed by atoms with Crippen molar-refractivity contribution in [2.24, 2.45) is 5.92 Å². The van der Waals surface area contributed by atoms with Crippen LogP contribution in [-0.2, 0) is 4.79 Å². The molecule has 2 aromatic rings. The average Bonchev–Trinajstić information content (AvgIpc) is 3.21. The van der Waals surface area contributed by atoms with Gasteiger partial charge in [-0.05, 0) is 49.6 Å². The fourth-order valence-corrected chi connectivity index (χ4v) is 3.49. The van der Waals surface area contributed by atoms with E-state index in [2.05, 4.69) is 0 Å². The Morgan fingerprint density at radius 3 is 2.65 bits per heavy atom. The van der Waals surface area contributed by atoms with Crippen LogP contribution in [0.5, 0.6) is 0 Å². The Hall–Kier alpha value is -2.27. The minimum atomic E-state index is -0.192. The van der Waals surface area contributed by atoms with E-state index in [4.69, 9.17) is 16.0 Å². The first kappa shape index (κ1) is 18.5. The number of halogens is 1. The molecule has 1 aliphatic rings. The van der Waals surface area contributed by atoms with Crippen LogP contribution in [0, 0.1) is 5.92 Å². The zero-order valence-electron chi connectivity index (χ0n) is 15.0. The number of likely N-dealkylation sites (tertiary alicyclic amines) is 1. The van der Waals surface area contributed by atoms with Crippen molar-refractivity contribution in [1.82, 2.24) is 9.80 Å². The molecular formula is C20H23ClN2O3. The number of hydrogen-bond acceptors (Lipinski definition) is 3. The van der Waals surface area contributed by atoms with Crippen LogP contribution in [0.1, 0.15) is 41.9 Å². The molecule has 0 aliphatic carbocycles. The molecule has 2 heterocycles. The lowest BCUT2D eigenvalue weighted by atomic mass is 9.95. The van der Waals surface area contributed by atoms with E-state index < -0.39 is 0 Å². The second kappa shape index (κ2) is 7.96. The first-order chi connectivity index (χ1) is 12.5. The molecule has 3 rings (SSSR count). The maximum absolute atomic E-state index is 13.0. The summed E-state index contributed by atoms with van der Waals surface area (Å²) in [6, 6.07) is 10.8. The Balaban J connectivity index is 1.66. The SMILES string of the molecule is CC(c1ccc(Cl)cc1)N(C)C(=O)C1CCCN(C(=O)c2ccco2)C1. The summed E-state index contributed by atoms with van der Waals surface area (Å²) in [5.74, 6) is 0.0358. The first-order valence-electron chi connectivity index (χ1n) is 8.82. The zero-order chi connectivity index (χ0) is 18.7. The highest BCUT2D eigenvalue weighted by Gasteiger charge is 2.32. The van der Waals surface area contributed by atoms with Crippen LogP contribution in [-0.4, -0.2) is 41.8 Å². The van der Waals surface area contributed by atoms with E-state index in [0.29, 0.717) is 23.9 Å². The van der Waals surface area contributed by atoms with Gasteiger partial charge in [0.15, 0.2) is 5.76 Å². The normalized spacial score (nSPS) is 18.4. The molecule has 2 amide bonds. The lowest BCUT2D eigenvalue weighted by Gasteiger charge is -2.35. The molecule has 0 radical (unpaired) electrons. The largest absolute Gasteiger partial charge is 0.459 e. The molecule has 0 spiro atoms. The van der Waals surface area contributed by atoms with Crippen LogP contribution < -0.4 is 0 Å². The summed E-state index contributed by atoms with van der Waals surface area (Å²) in [6.07, 6.45) is 3.09. The molecule has 1 aromatic carbocycles. The Morgan fingerprint density at radius 1 is 1.27 bits per heavy atom. The molecule has 1 fully saturated rings. The standard InChI is InChI=1S/C20H23ClN2O3/c1-14(15-7-9-17(21)10-8-15)22(2)19(24)16-5-3-11-23(13-16)20(25)18-6-4-12-26-18/h4,6-10,12,14,16H,3,5,11,13H2,1-2H3. The predicted molar refractivity (Wildman–Crippen MR) is 100.0 cm³/mol. The maximum atomic E-state index is 13.0. The van der Waals surface area contributed by atoms with Crippen molar-refractivity contribution in [3.8, 4) is 0 Å². The minimum absolute atomic E-state index is 0.0593. The summed E-state index contributed by atoms with van der Waals surface area (Å²) in [6.45, 7) is 3.07. The van der Waals surface area contributed by atoms with Crippen LogP contribution in [0.2, 0.25) is 5.02 Å². The summed E-state index contributed by atoms with van der Waals surface area (Å²) in [5.41, 5.74) is 1.03. The van der Waals surface area contributed by atoms with Gasteiger partial charge in [0.25, 0.3) is 5.91 Å². The monoisotopic (exact) mass is 374 g/mol. The number of rotatable bonds is 4. The van der Waals surface area contributed by atoms with Gasteiger partial charge < -0.3 is 14.2 Å². The molecule has 5 nitrogen and oxygen atoms in total. The predicted octanol–water partition coefficient (Wildman–Crippen LogP) is 4.00. The summed E-state index contributed by atoms with van der Waals surface area (Å²) in [4.78, 5) is 28.9. The molecule has 26 heavy (non-hydrogen) atoms. The fraction of sp³-hybridized carbons (Fsp3) is 0.400. The van der Waals surface area contributed by atoms with Gasteiger partial charge in [-0.1, -0.05) is 23.7 Å². The number of hydrogen-bond donors (Lipinski definition) is 0. The summed E-state index contributed by atoms with van der Waals surface area (Å²) in [5, 5.41) is 0.675. The number of carbonyl (C=O) groups excluding carboxylic acids is 2. The van der Waals surface area contributed by atoms with Crippen molar-refractivity contribution < 1.29 is 14.0 Å². The summed E-state index contributed by atoms with van der Waals surface area (Å²) >= 11 is 5.94. The zero-order valence-corrected chi connectivity index (χ0v) is 15.8. The van der Waals surface area contributed by atoms with E-state index in [1.54, 1.807) is 21.9 Å². The van der Waals surface area contributed by atoms with Gasteiger partial charge in [0.1, 0.15) is 0 Å². The number of nitrogens with zero attached hydrogens (tertiary/aromatic N) is 2. The lowest BCUT2D eigenvalue weighted by molar-refractivity contribution is -0.137. The fourth-order valence-electron chi connectivity index (χ4n) is 3.36. The molecule has 6 heteroatoms. The molecule has 0 bridgehead atoms. The van der Waals surface area contributed by atoms with Crippen LogP contribution in [0.25, 0.3) is 0 Å². The van der Waals surface area contributed by atoms with Gasteiger partial charge in [-0.3, -0.25) is 9.59 Å². The third-order valence-electron chi connectivity index (χ3n) is 5.07. The van der Waals surface area contributed by atoms with Crippen LogP contribution in [0.3, 0.4) is 0 Å². The van der Waals surface area contributed by atoms with Gasteiger partial charge in [-0.15, -0.1) is 0 Å². The molecule has 0 saturated carbocycles. The van der Waals surface area contributed by atoms with Crippen LogP contribution in [0.4, 0.5) is 0 Å². The Bertz CT molecular complexity index is 758. The van der Waals surface area contributed by atoms with Crippen molar-refractivity contribution in [1.29, 1.82) is 0 Å². The van der Waals surface area contributed by atoms with Gasteiger partial charge in [-0.2, -0.15) is 0 Å². The van der Waals surface area contributed by atoms with Crippen LogP contribution in [0.15, 0.2) is 47.1 Å². The molecule has 1 aromatic heterocycles. The van der Waals surface area contributed by atoms with Crippen molar-refractivity contribution >= 4 is 23.4 Å². The smallest absolute Gasteiger partial charge is 0.289 e. The van der Waals surface area contributed by atoms with Crippen molar-refractivity contribution in [3.05, 3.63) is 59.0 Å². The van der Waals surface area contributed by atoms with E-state index in [1.807, 2.05) is 38.2 Å². The average molecular weight is 375 g/mol. The van der Waals surface area contributed by atoms with Gasteiger partial charge >= 0.3 is 0 Å². The van der Waals surface area contributed by atoms with E-state index in [9.17, 15) is 9.59 Å². The van der Waals surface area contributed by atoms with Gasteiger partial charge in [-0.25, -0.2) is 0 Å². The third kappa shape index (κ3) is 3.93. The molecule has 0 N–H and O–H groups in total. The Kier molecular flexibility index (Phi) is 5.67. The number of furan rings is 1. The van der Waals surface area contributed by atoms with E-state index >= 15 is 0 Å². The van der Waals surface area contributed by atoms with Crippen molar-refractivity contribution in [2.45, 2.75) is 25.8 Å². The van der Waals surface area contributed by atoms with E-state index in [-0.39, 0.29) is 23.8 Å².